The van der Waals surface area contributed by atoms with Gasteiger partial charge in [-0.15, -0.1) is 0 Å². The van der Waals surface area contributed by atoms with Crippen LogP contribution in [0, 0.1) is 0 Å². The molecule has 0 spiro atoms. The van der Waals surface area contributed by atoms with E-state index in [0.717, 1.165) is 0 Å². The minimum atomic E-state index is -0.668. The van der Waals surface area contributed by atoms with Gasteiger partial charge < -0.3 is 24.3 Å². The van der Waals surface area contributed by atoms with Crippen LogP contribution in [0.3, 0.4) is 0 Å². The van der Waals surface area contributed by atoms with Gasteiger partial charge in [-0.2, -0.15) is 5.10 Å². The molecule has 216 valence electrons. The molecular formula is C32H24ClN3O7. The van der Waals surface area contributed by atoms with Crippen molar-refractivity contribution in [2.75, 3.05) is 13.9 Å². The lowest BCUT2D eigenvalue weighted by molar-refractivity contribution is -0.117. The number of methoxy groups -OCH3 is 1. The van der Waals surface area contributed by atoms with Crippen LogP contribution >= 0.6 is 11.6 Å². The van der Waals surface area contributed by atoms with E-state index in [1.165, 1.54) is 19.4 Å². The molecule has 0 radical (unpaired) electrons. The van der Waals surface area contributed by atoms with Crippen LogP contribution in [0.4, 0.5) is 0 Å². The van der Waals surface area contributed by atoms with Crippen molar-refractivity contribution in [3.8, 4) is 23.0 Å². The monoisotopic (exact) mass is 597 g/mol. The van der Waals surface area contributed by atoms with Crippen LogP contribution in [0.2, 0.25) is 5.02 Å². The lowest BCUT2D eigenvalue weighted by atomic mass is 10.1. The molecule has 0 bridgehead atoms. The first kappa shape index (κ1) is 28.9. The van der Waals surface area contributed by atoms with Gasteiger partial charge in [-0.05, 0) is 83.9 Å². The van der Waals surface area contributed by atoms with E-state index in [1.54, 1.807) is 91.0 Å². The van der Waals surface area contributed by atoms with Crippen molar-refractivity contribution >= 4 is 41.7 Å². The topological polar surface area (TPSA) is 125 Å². The highest BCUT2D eigenvalue weighted by molar-refractivity contribution is 6.30. The number of nitrogens with zero attached hydrogens (tertiary/aromatic N) is 1. The lowest BCUT2D eigenvalue weighted by Crippen LogP contribution is -2.32. The number of hydrogen-bond acceptors (Lipinski definition) is 8. The number of ether oxygens (including phenoxy) is 4. The number of rotatable bonds is 9. The van der Waals surface area contributed by atoms with Crippen molar-refractivity contribution in [2.45, 2.75) is 0 Å². The summed E-state index contributed by atoms with van der Waals surface area (Å²) in [5.41, 5.74) is 4.21. The Labute approximate surface area is 251 Å². The number of amides is 2. The molecule has 0 unspecified atom stereocenters. The Morgan fingerprint density at radius 1 is 0.837 bits per heavy atom. The summed E-state index contributed by atoms with van der Waals surface area (Å²) in [6.45, 7) is 0.103. The maximum absolute atomic E-state index is 13.1. The van der Waals surface area contributed by atoms with E-state index in [2.05, 4.69) is 15.8 Å². The van der Waals surface area contributed by atoms with E-state index in [-0.39, 0.29) is 24.0 Å². The fourth-order valence-corrected chi connectivity index (χ4v) is 4.06. The van der Waals surface area contributed by atoms with Crippen LogP contribution in [0.5, 0.6) is 23.0 Å². The van der Waals surface area contributed by atoms with Crippen molar-refractivity contribution in [2.24, 2.45) is 5.10 Å². The number of hydrogen-bond donors (Lipinski definition) is 2. The van der Waals surface area contributed by atoms with Gasteiger partial charge in [0.2, 0.25) is 6.79 Å². The molecule has 43 heavy (non-hydrogen) atoms. The van der Waals surface area contributed by atoms with Gasteiger partial charge in [0.05, 0.1) is 18.9 Å². The Balaban J connectivity index is 1.30. The molecular weight excluding hydrogens is 574 g/mol. The van der Waals surface area contributed by atoms with Crippen molar-refractivity contribution in [3.05, 3.63) is 124 Å². The number of esters is 1. The van der Waals surface area contributed by atoms with Gasteiger partial charge in [0.25, 0.3) is 11.8 Å². The molecule has 1 heterocycles. The molecule has 0 aliphatic carbocycles. The van der Waals surface area contributed by atoms with Gasteiger partial charge in [0.1, 0.15) is 5.70 Å². The zero-order valence-corrected chi connectivity index (χ0v) is 23.5. The summed E-state index contributed by atoms with van der Waals surface area (Å²) in [6.07, 6.45) is 2.88. The Morgan fingerprint density at radius 3 is 2.35 bits per heavy atom. The fourth-order valence-electron chi connectivity index (χ4n) is 3.93. The van der Waals surface area contributed by atoms with Gasteiger partial charge in [-0.25, -0.2) is 10.2 Å². The van der Waals surface area contributed by atoms with Crippen LogP contribution in [-0.4, -0.2) is 37.9 Å². The normalized spacial score (nSPS) is 12.1. The van der Waals surface area contributed by atoms with Crippen LogP contribution in [0.1, 0.15) is 31.8 Å². The van der Waals surface area contributed by atoms with Crippen LogP contribution in [-0.2, 0) is 4.79 Å². The van der Waals surface area contributed by atoms with E-state index in [0.29, 0.717) is 38.8 Å². The van der Waals surface area contributed by atoms with Crippen molar-refractivity contribution in [3.63, 3.8) is 0 Å². The van der Waals surface area contributed by atoms with E-state index in [4.69, 9.17) is 30.5 Å². The Bertz CT molecular complexity index is 1720. The fraction of sp³-hybridized carbons (Fsp3) is 0.0625. The number of nitrogens with one attached hydrogen (secondary N) is 2. The van der Waals surface area contributed by atoms with Gasteiger partial charge in [0.15, 0.2) is 23.0 Å². The number of hydrazone groups is 1. The van der Waals surface area contributed by atoms with Gasteiger partial charge in [-0.1, -0.05) is 35.9 Å². The first-order valence-electron chi connectivity index (χ1n) is 12.9. The standard InChI is InChI=1S/C32H24ClN3O7/c1-40-28-17-21(8-14-27(28)43-32(39)23-9-11-24(33)12-10-23)18-34-36-31(38)25(35-30(37)22-5-3-2-4-6-22)15-20-7-13-26-29(16-20)42-19-41-26/h2-18H,19H2,1H3,(H,35,37)(H,36,38)/b25-15+,34-18+. The number of benzene rings is 4. The first-order chi connectivity index (χ1) is 20.9. The van der Waals surface area contributed by atoms with Crippen LogP contribution in [0.25, 0.3) is 6.08 Å². The summed E-state index contributed by atoms with van der Waals surface area (Å²) in [6, 6.07) is 24.7. The van der Waals surface area contributed by atoms with E-state index in [9.17, 15) is 14.4 Å². The highest BCUT2D eigenvalue weighted by Gasteiger charge is 2.17. The molecule has 0 saturated carbocycles. The summed E-state index contributed by atoms with van der Waals surface area (Å²) in [7, 11) is 1.43. The Morgan fingerprint density at radius 2 is 1.58 bits per heavy atom. The molecule has 1 aliphatic heterocycles. The average Bonchev–Trinajstić information content (AvgIpc) is 3.50. The molecule has 4 aromatic carbocycles. The van der Waals surface area contributed by atoms with Gasteiger partial charge in [0, 0.05) is 10.6 Å². The third-order valence-corrected chi connectivity index (χ3v) is 6.34. The third kappa shape index (κ3) is 7.38. The third-order valence-electron chi connectivity index (χ3n) is 6.09. The molecule has 4 aromatic rings. The molecule has 1 aliphatic rings. The Hall–Kier alpha value is -5.61. The second-order valence-corrected chi connectivity index (χ2v) is 9.43. The van der Waals surface area contributed by atoms with Crippen molar-refractivity contribution in [1.29, 1.82) is 0 Å². The smallest absolute Gasteiger partial charge is 0.343 e. The first-order valence-corrected chi connectivity index (χ1v) is 13.2. The highest BCUT2D eigenvalue weighted by Crippen LogP contribution is 2.33. The number of fused-ring (bicyclic) bond motifs is 1. The molecule has 10 nitrogen and oxygen atoms in total. The summed E-state index contributed by atoms with van der Waals surface area (Å²) in [5, 5.41) is 7.17. The van der Waals surface area contributed by atoms with Crippen molar-refractivity contribution in [1.82, 2.24) is 10.7 Å². The van der Waals surface area contributed by atoms with Crippen LogP contribution < -0.4 is 29.7 Å². The molecule has 2 N–H and O–H groups in total. The second-order valence-electron chi connectivity index (χ2n) is 9.00. The predicted molar refractivity (Wildman–Crippen MR) is 160 cm³/mol. The van der Waals surface area contributed by atoms with Crippen molar-refractivity contribution < 1.29 is 33.3 Å². The summed E-state index contributed by atoms with van der Waals surface area (Å²) < 4.78 is 21.6. The van der Waals surface area contributed by atoms with E-state index in [1.807, 2.05) is 0 Å². The quantitative estimate of drug-likeness (QED) is 0.0891. The average molecular weight is 598 g/mol. The number of carbonyl (C=O) groups excluding carboxylic acids is 3. The van der Waals surface area contributed by atoms with Crippen LogP contribution in [0.15, 0.2) is 102 Å². The van der Waals surface area contributed by atoms with E-state index >= 15 is 0 Å². The molecule has 11 heteroatoms. The van der Waals surface area contributed by atoms with Gasteiger partial charge in [-0.3, -0.25) is 9.59 Å². The lowest BCUT2D eigenvalue weighted by Gasteiger charge is -2.10. The molecule has 2 amide bonds. The summed E-state index contributed by atoms with van der Waals surface area (Å²) in [4.78, 5) is 38.5. The van der Waals surface area contributed by atoms with E-state index < -0.39 is 17.8 Å². The zero-order valence-electron chi connectivity index (χ0n) is 22.7. The molecule has 5 rings (SSSR count). The maximum atomic E-state index is 13.1. The molecule has 0 aromatic heterocycles. The largest absolute Gasteiger partial charge is 0.493 e. The SMILES string of the molecule is COc1cc(/C=N/NC(=O)/C(=C\c2ccc3c(c2)OCO3)NC(=O)c2ccccc2)ccc1OC(=O)c1ccc(Cl)cc1. The number of halogens is 1. The molecule has 0 atom stereocenters. The highest BCUT2D eigenvalue weighted by atomic mass is 35.5. The predicted octanol–water partition coefficient (Wildman–Crippen LogP) is 5.22. The molecule has 0 fully saturated rings. The number of carbonyl (C=O) groups is 3. The molecule has 0 saturated heterocycles. The summed E-state index contributed by atoms with van der Waals surface area (Å²) in [5.74, 6) is -0.140. The summed E-state index contributed by atoms with van der Waals surface area (Å²) >= 11 is 5.88. The van der Waals surface area contributed by atoms with Gasteiger partial charge >= 0.3 is 5.97 Å². The Kier molecular flexibility index (Phi) is 8.99. The zero-order chi connectivity index (χ0) is 30.2. The minimum Gasteiger partial charge on any atom is -0.493 e. The second kappa shape index (κ2) is 13.4. The minimum absolute atomic E-state index is 0.0492. The maximum Gasteiger partial charge on any atom is 0.343 e.